The van der Waals surface area contributed by atoms with Crippen molar-refractivity contribution < 1.29 is 23.8 Å². The van der Waals surface area contributed by atoms with E-state index < -0.39 is 23.7 Å². The van der Waals surface area contributed by atoms with Crippen LogP contribution in [0.2, 0.25) is 0 Å². The molecule has 1 unspecified atom stereocenters. The third-order valence-corrected chi connectivity index (χ3v) is 5.94. The molecule has 1 aliphatic carbocycles. The van der Waals surface area contributed by atoms with E-state index in [1.54, 1.807) is 6.07 Å². The Morgan fingerprint density at radius 2 is 2.16 bits per heavy atom. The van der Waals surface area contributed by atoms with Crippen LogP contribution < -0.4 is 21.0 Å². The molecule has 3 aromatic heterocycles. The fraction of sp³-hybridized carbons (Fsp3) is 0.333. The van der Waals surface area contributed by atoms with E-state index in [4.69, 9.17) is 9.15 Å². The van der Waals surface area contributed by atoms with Gasteiger partial charge in [0, 0.05) is 19.1 Å². The van der Waals surface area contributed by atoms with Gasteiger partial charge >= 0.3 is 5.63 Å². The average Bonchev–Trinajstić information content (AvgIpc) is 3.46. The van der Waals surface area contributed by atoms with Crippen molar-refractivity contribution in [1.29, 1.82) is 0 Å². The predicted molar refractivity (Wildman–Crippen MR) is 116 cm³/mol. The minimum atomic E-state index is -0.849. The second-order valence-corrected chi connectivity index (χ2v) is 8.69. The van der Waals surface area contributed by atoms with Gasteiger partial charge in [-0.25, -0.2) is 4.79 Å². The molecule has 1 fully saturated rings. The van der Waals surface area contributed by atoms with Crippen LogP contribution in [-0.2, 0) is 4.79 Å². The van der Waals surface area contributed by atoms with Gasteiger partial charge < -0.3 is 19.6 Å². The Kier molecular flexibility index (Phi) is 6.34. The lowest BCUT2D eigenvalue weighted by atomic mass is 10.2. The number of nitrogens with zero attached hydrogens (tertiary/aromatic N) is 4. The maximum absolute atomic E-state index is 12.5. The molecule has 2 amide bonds. The number of carbonyl (C=O) groups is 2. The molecule has 0 saturated heterocycles. The van der Waals surface area contributed by atoms with E-state index in [0.717, 1.165) is 17.8 Å². The van der Waals surface area contributed by atoms with Gasteiger partial charge in [0.1, 0.15) is 11.9 Å². The SMILES string of the molecule is CC(=O)Nc1ccnn1-c1nnc(NC(=O)c2cc(Br)c(OC3CCC[C@@H]3O)c(=O)o2)s1. The van der Waals surface area contributed by atoms with E-state index in [1.807, 2.05) is 0 Å². The Morgan fingerprint density at radius 1 is 1.34 bits per heavy atom. The number of anilines is 2. The van der Waals surface area contributed by atoms with Crippen molar-refractivity contribution in [2.45, 2.75) is 38.4 Å². The van der Waals surface area contributed by atoms with E-state index in [9.17, 15) is 19.5 Å². The second kappa shape index (κ2) is 9.18. The minimum absolute atomic E-state index is 0.102. The van der Waals surface area contributed by atoms with Crippen molar-refractivity contribution in [3.63, 3.8) is 0 Å². The normalized spacial score (nSPS) is 17.8. The summed E-state index contributed by atoms with van der Waals surface area (Å²) in [6.45, 7) is 1.36. The zero-order chi connectivity index (χ0) is 22.8. The number of aromatic nitrogens is 4. The molecule has 32 heavy (non-hydrogen) atoms. The molecule has 0 spiro atoms. The Morgan fingerprint density at radius 3 is 2.84 bits per heavy atom. The van der Waals surface area contributed by atoms with E-state index in [2.05, 4.69) is 41.9 Å². The fourth-order valence-corrected chi connectivity index (χ4v) is 4.28. The van der Waals surface area contributed by atoms with Crippen LogP contribution in [0.4, 0.5) is 10.9 Å². The van der Waals surface area contributed by atoms with Crippen molar-refractivity contribution in [3.05, 3.63) is 39.0 Å². The number of amides is 2. The lowest BCUT2D eigenvalue weighted by Gasteiger charge is -2.17. The summed E-state index contributed by atoms with van der Waals surface area (Å²) in [5.74, 6) is -0.976. The average molecular weight is 525 g/mol. The molecule has 0 radical (unpaired) electrons. The molecule has 0 bridgehead atoms. The van der Waals surface area contributed by atoms with Crippen LogP contribution in [0.15, 0.2) is 32.0 Å². The molecule has 3 heterocycles. The fourth-order valence-electron chi connectivity index (χ4n) is 3.11. The highest BCUT2D eigenvalue weighted by Gasteiger charge is 2.29. The zero-order valence-corrected chi connectivity index (χ0v) is 19.0. The highest BCUT2D eigenvalue weighted by molar-refractivity contribution is 9.10. The molecule has 1 aliphatic rings. The number of ether oxygens (including phenoxy) is 1. The number of aliphatic hydroxyl groups excluding tert-OH is 1. The molecule has 3 aromatic rings. The maximum Gasteiger partial charge on any atom is 0.380 e. The molecule has 12 nitrogen and oxygen atoms in total. The van der Waals surface area contributed by atoms with Crippen molar-refractivity contribution >= 4 is 50.0 Å². The molecule has 14 heteroatoms. The first-order valence-electron chi connectivity index (χ1n) is 9.47. The van der Waals surface area contributed by atoms with Crippen LogP contribution in [-0.4, -0.2) is 49.1 Å². The van der Waals surface area contributed by atoms with Crippen LogP contribution in [0.3, 0.4) is 0 Å². The summed E-state index contributed by atoms with van der Waals surface area (Å²) in [5.41, 5.74) is -0.849. The number of hydrogen-bond acceptors (Lipinski definition) is 10. The Labute approximate surface area is 192 Å². The zero-order valence-electron chi connectivity index (χ0n) is 16.6. The molecule has 1 saturated carbocycles. The molecule has 168 valence electrons. The number of carbonyl (C=O) groups excluding carboxylic acids is 2. The van der Waals surface area contributed by atoms with Crippen molar-refractivity contribution in [2.24, 2.45) is 0 Å². The van der Waals surface area contributed by atoms with Gasteiger partial charge in [-0.05, 0) is 35.2 Å². The van der Waals surface area contributed by atoms with Crippen LogP contribution >= 0.6 is 27.3 Å². The summed E-state index contributed by atoms with van der Waals surface area (Å²) in [6, 6.07) is 2.89. The molecular weight excluding hydrogens is 508 g/mol. The first-order chi connectivity index (χ1) is 15.3. The summed E-state index contributed by atoms with van der Waals surface area (Å²) in [5, 5.41) is 27.3. The van der Waals surface area contributed by atoms with Gasteiger partial charge in [0.15, 0.2) is 5.76 Å². The number of nitrogens with one attached hydrogen (secondary N) is 2. The quantitative estimate of drug-likeness (QED) is 0.437. The second-order valence-electron chi connectivity index (χ2n) is 6.88. The summed E-state index contributed by atoms with van der Waals surface area (Å²) < 4.78 is 12.3. The first kappa shape index (κ1) is 22.1. The summed E-state index contributed by atoms with van der Waals surface area (Å²) in [6.07, 6.45) is 2.34. The third kappa shape index (κ3) is 4.71. The van der Waals surface area contributed by atoms with Gasteiger partial charge in [-0.1, -0.05) is 11.3 Å². The topological polar surface area (TPSA) is 161 Å². The lowest BCUT2D eigenvalue weighted by Crippen LogP contribution is -2.28. The van der Waals surface area contributed by atoms with Crippen LogP contribution in [0.5, 0.6) is 5.75 Å². The highest BCUT2D eigenvalue weighted by Crippen LogP contribution is 2.29. The molecule has 2 atom stereocenters. The number of aliphatic hydroxyl groups is 1. The van der Waals surface area contributed by atoms with Gasteiger partial charge in [0.2, 0.25) is 21.9 Å². The maximum atomic E-state index is 12.5. The Bertz CT molecular complexity index is 1220. The Balaban J connectivity index is 1.48. The van der Waals surface area contributed by atoms with Crippen molar-refractivity contribution in [3.8, 4) is 10.9 Å². The monoisotopic (exact) mass is 524 g/mol. The van der Waals surface area contributed by atoms with Crippen LogP contribution in [0.1, 0.15) is 36.7 Å². The summed E-state index contributed by atoms with van der Waals surface area (Å²) >= 11 is 4.22. The van der Waals surface area contributed by atoms with E-state index in [0.29, 0.717) is 23.8 Å². The van der Waals surface area contributed by atoms with Crippen LogP contribution in [0.25, 0.3) is 5.13 Å². The Hall–Kier alpha value is -3.10. The number of hydrogen-bond donors (Lipinski definition) is 3. The highest BCUT2D eigenvalue weighted by atomic mass is 79.9. The summed E-state index contributed by atoms with van der Waals surface area (Å²) in [4.78, 5) is 36.2. The van der Waals surface area contributed by atoms with Crippen molar-refractivity contribution in [2.75, 3.05) is 10.6 Å². The smallest absolute Gasteiger partial charge is 0.380 e. The van der Waals surface area contributed by atoms with E-state index in [-0.39, 0.29) is 27.0 Å². The number of rotatable bonds is 6. The largest absolute Gasteiger partial charge is 0.480 e. The summed E-state index contributed by atoms with van der Waals surface area (Å²) in [7, 11) is 0. The molecule has 0 aliphatic heterocycles. The molecular formula is C18H17BrN6O6S. The first-order valence-corrected chi connectivity index (χ1v) is 11.1. The van der Waals surface area contributed by atoms with Gasteiger partial charge in [-0.15, -0.1) is 10.2 Å². The van der Waals surface area contributed by atoms with Gasteiger partial charge in [0.25, 0.3) is 5.91 Å². The van der Waals surface area contributed by atoms with E-state index >= 15 is 0 Å². The lowest BCUT2D eigenvalue weighted by molar-refractivity contribution is -0.114. The minimum Gasteiger partial charge on any atom is -0.480 e. The van der Waals surface area contributed by atoms with Gasteiger partial charge in [0.05, 0.1) is 16.8 Å². The molecule has 4 rings (SSSR count). The molecule has 0 aromatic carbocycles. The number of halogens is 1. The predicted octanol–water partition coefficient (Wildman–Crippen LogP) is 1.94. The van der Waals surface area contributed by atoms with Gasteiger partial charge in [-0.2, -0.15) is 9.78 Å². The van der Waals surface area contributed by atoms with E-state index in [1.165, 1.54) is 23.9 Å². The van der Waals surface area contributed by atoms with Gasteiger partial charge in [-0.3, -0.25) is 14.9 Å². The van der Waals surface area contributed by atoms with Crippen molar-refractivity contribution in [1.82, 2.24) is 20.0 Å². The molecule has 3 N–H and O–H groups in total. The van der Waals surface area contributed by atoms with Crippen LogP contribution in [0, 0.1) is 0 Å². The standard InChI is InChI=1S/C18H17BrN6O6S/c1-8(26)21-13-5-6-20-25(13)18-24-23-17(32-18)22-15(28)12-7-9(19)14(16(29)31-12)30-11-4-2-3-10(11)27/h5-7,10-11,27H,2-4H2,1H3,(H,21,26)(H,22,23,28)/t10-,11?/m0/s1. The third-order valence-electron chi connectivity index (χ3n) is 4.54.